The van der Waals surface area contributed by atoms with Gasteiger partial charge in [0, 0.05) is 12.6 Å². The van der Waals surface area contributed by atoms with Crippen molar-refractivity contribution in [2.24, 2.45) is 0 Å². The molecular formula is C8H15N. The van der Waals surface area contributed by atoms with E-state index in [1.54, 1.807) is 0 Å². The summed E-state index contributed by atoms with van der Waals surface area (Å²) in [6.45, 7) is 5.71. The van der Waals surface area contributed by atoms with Gasteiger partial charge in [-0.15, -0.1) is 0 Å². The molecule has 52 valence electrons. The second-order valence-corrected chi connectivity index (χ2v) is 2.86. The Balaban J connectivity index is 2.40. The molecule has 1 aliphatic heterocycles. The highest BCUT2D eigenvalue weighted by Crippen LogP contribution is 2.08. The maximum absolute atomic E-state index is 2.38. The van der Waals surface area contributed by atoms with Gasteiger partial charge in [0.15, 0.2) is 0 Å². The summed E-state index contributed by atoms with van der Waals surface area (Å²) in [6, 6.07) is 0.682. The summed E-state index contributed by atoms with van der Waals surface area (Å²) in [6.07, 6.45) is 7.07. The van der Waals surface area contributed by atoms with E-state index in [9.17, 15) is 0 Å². The highest BCUT2D eigenvalue weighted by Gasteiger charge is 2.05. The predicted octanol–water partition coefficient (Wildman–Crippen LogP) is 2.00. The lowest BCUT2D eigenvalue weighted by molar-refractivity contribution is 0.295. The maximum atomic E-state index is 2.38. The molecule has 0 atom stereocenters. The molecule has 0 saturated carbocycles. The Hall–Kier alpha value is -0.460. The molecule has 0 radical (unpaired) electrons. The predicted molar refractivity (Wildman–Crippen MR) is 40.2 cm³/mol. The molecule has 0 unspecified atom stereocenters. The van der Waals surface area contributed by atoms with Crippen LogP contribution in [-0.2, 0) is 0 Å². The van der Waals surface area contributed by atoms with E-state index in [0.717, 1.165) is 0 Å². The topological polar surface area (TPSA) is 3.24 Å². The van der Waals surface area contributed by atoms with Crippen molar-refractivity contribution in [2.75, 3.05) is 6.54 Å². The van der Waals surface area contributed by atoms with E-state index in [2.05, 4.69) is 31.0 Å². The molecule has 0 aromatic rings. The fourth-order valence-electron chi connectivity index (χ4n) is 1.11. The zero-order chi connectivity index (χ0) is 6.69. The van der Waals surface area contributed by atoms with Crippen molar-refractivity contribution >= 4 is 0 Å². The molecule has 0 bridgehead atoms. The Morgan fingerprint density at radius 1 is 1.44 bits per heavy atom. The zero-order valence-electron chi connectivity index (χ0n) is 6.30. The van der Waals surface area contributed by atoms with Gasteiger partial charge in [0.05, 0.1) is 0 Å². The number of rotatable bonds is 1. The quantitative estimate of drug-likeness (QED) is 0.518. The Bertz CT molecular complexity index is 105. The summed E-state index contributed by atoms with van der Waals surface area (Å²) in [4.78, 5) is 2.38. The van der Waals surface area contributed by atoms with Crippen molar-refractivity contribution in [3.05, 3.63) is 12.3 Å². The fraction of sp³-hybridized carbons (Fsp3) is 0.750. The molecule has 1 heterocycles. The van der Waals surface area contributed by atoms with Crippen molar-refractivity contribution in [3.8, 4) is 0 Å². The van der Waals surface area contributed by atoms with Gasteiger partial charge >= 0.3 is 0 Å². The van der Waals surface area contributed by atoms with Gasteiger partial charge in [-0.3, -0.25) is 0 Å². The molecule has 0 fully saturated rings. The van der Waals surface area contributed by atoms with Crippen LogP contribution in [0.1, 0.15) is 26.7 Å². The van der Waals surface area contributed by atoms with Crippen LogP contribution in [0, 0.1) is 0 Å². The average molecular weight is 125 g/mol. The summed E-state index contributed by atoms with van der Waals surface area (Å²) in [7, 11) is 0. The summed E-state index contributed by atoms with van der Waals surface area (Å²) >= 11 is 0. The average Bonchev–Trinajstić information content (AvgIpc) is 1.90. The van der Waals surface area contributed by atoms with Crippen LogP contribution in [0.15, 0.2) is 12.3 Å². The van der Waals surface area contributed by atoms with Crippen LogP contribution in [0.3, 0.4) is 0 Å². The molecule has 1 aliphatic rings. The van der Waals surface area contributed by atoms with Gasteiger partial charge in [-0.1, -0.05) is 6.08 Å². The van der Waals surface area contributed by atoms with Crippen molar-refractivity contribution < 1.29 is 0 Å². The number of allylic oxidation sites excluding steroid dienone is 1. The van der Waals surface area contributed by atoms with E-state index in [1.165, 1.54) is 19.4 Å². The monoisotopic (exact) mass is 125 g/mol. The third-order valence-electron chi connectivity index (χ3n) is 1.75. The first-order chi connectivity index (χ1) is 4.30. The third kappa shape index (κ3) is 1.74. The molecule has 0 saturated heterocycles. The molecular weight excluding hydrogens is 110 g/mol. The Morgan fingerprint density at radius 2 is 2.22 bits per heavy atom. The molecule has 0 aromatic heterocycles. The molecule has 1 heteroatoms. The van der Waals surface area contributed by atoms with E-state index in [1.807, 2.05) is 0 Å². The number of hydrogen-bond acceptors (Lipinski definition) is 1. The van der Waals surface area contributed by atoms with Gasteiger partial charge in [-0.05, 0) is 32.9 Å². The Kier molecular flexibility index (Phi) is 2.15. The minimum atomic E-state index is 0.682. The van der Waals surface area contributed by atoms with Gasteiger partial charge in [-0.25, -0.2) is 0 Å². The van der Waals surface area contributed by atoms with E-state index < -0.39 is 0 Å². The van der Waals surface area contributed by atoms with Crippen molar-refractivity contribution in [1.82, 2.24) is 4.90 Å². The van der Waals surface area contributed by atoms with Gasteiger partial charge in [0.2, 0.25) is 0 Å². The first-order valence-corrected chi connectivity index (χ1v) is 3.73. The van der Waals surface area contributed by atoms with Crippen LogP contribution >= 0.6 is 0 Å². The molecule has 0 amide bonds. The second kappa shape index (κ2) is 2.90. The molecule has 0 N–H and O–H groups in total. The third-order valence-corrected chi connectivity index (χ3v) is 1.75. The first kappa shape index (κ1) is 6.66. The van der Waals surface area contributed by atoms with Crippen LogP contribution < -0.4 is 0 Å². The van der Waals surface area contributed by atoms with E-state index in [-0.39, 0.29) is 0 Å². The van der Waals surface area contributed by atoms with Crippen molar-refractivity contribution in [2.45, 2.75) is 32.7 Å². The Morgan fingerprint density at radius 3 is 2.56 bits per heavy atom. The van der Waals surface area contributed by atoms with Crippen LogP contribution in [0.5, 0.6) is 0 Å². The SMILES string of the molecule is CC(C)N1C=CCCC1. The number of hydrogen-bond donors (Lipinski definition) is 0. The molecule has 0 spiro atoms. The number of nitrogens with zero attached hydrogens (tertiary/aromatic N) is 1. The van der Waals surface area contributed by atoms with Crippen molar-refractivity contribution in [3.63, 3.8) is 0 Å². The summed E-state index contributed by atoms with van der Waals surface area (Å²) < 4.78 is 0. The molecule has 1 nitrogen and oxygen atoms in total. The zero-order valence-corrected chi connectivity index (χ0v) is 6.30. The van der Waals surface area contributed by atoms with Gasteiger partial charge in [0.25, 0.3) is 0 Å². The fourth-order valence-corrected chi connectivity index (χ4v) is 1.11. The maximum Gasteiger partial charge on any atom is 0.0227 e. The highest BCUT2D eigenvalue weighted by molar-refractivity contribution is 4.88. The smallest absolute Gasteiger partial charge is 0.0227 e. The first-order valence-electron chi connectivity index (χ1n) is 3.73. The van der Waals surface area contributed by atoms with E-state index >= 15 is 0 Å². The summed E-state index contributed by atoms with van der Waals surface area (Å²) in [5, 5.41) is 0. The van der Waals surface area contributed by atoms with Crippen LogP contribution in [0.4, 0.5) is 0 Å². The molecule has 0 aromatic carbocycles. The van der Waals surface area contributed by atoms with E-state index in [4.69, 9.17) is 0 Å². The largest absolute Gasteiger partial charge is 0.375 e. The van der Waals surface area contributed by atoms with Crippen LogP contribution in [-0.4, -0.2) is 17.5 Å². The lowest BCUT2D eigenvalue weighted by atomic mass is 10.2. The van der Waals surface area contributed by atoms with Crippen LogP contribution in [0.25, 0.3) is 0 Å². The summed E-state index contributed by atoms with van der Waals surface area (Å²) in [5.74, 6) is 0. The lowest BCUT2D eigenvalue weighted by Gasteiger charge is -2.27. The molecule has 9 heavy (non-hydrogen) atoms. The standard InChI is InChI=1S/C8H15N/c1-8(2)9-6-4-3-5-7-9/h4,6,8H,3,5,7H2,1-2H3. The minimum Gasteiger partial charge on any atom is -0.375 e. The minimum absolute atomic E-state index is 0.682. The van der Waals surface area contributed by atoms with Gasteiger partial charge in [0.1, 0.15) is 0 Å². The van der Waals surface area contributed by atoms with Crippen LogP contribution in [0.2, 0.25) is 0 Å². The Labute approximate surface area is 57.4 Å². The normalized spacial score (nSPS) is 19.2. The summed E-state index contributed by atoms with van der Waals surface area (Å²) in [5.41, 5.74) is 0. The van der Waals surface area contributed by atoms with E-state index in [0.29, 0.717) is 6.04 Å². The molecule has 0 aliphatic carbocycles. The second-order valence-electron chi connectivity index (χ2n) is 2.86. The lowest BCUT2D eigenvalue weighted by Crippen LogP contribution is -2.27. The van der Waals surface area contributed by atoms with Gasteiger partial charge in [-0.2, -0.15) is 0 Å². The highest BCUT2D eigenvalue weighted by atomic mass is 15.1. The van der Waals surface area contributed by atoms with Crippen molar-refractivity contribution in [1.29, 1.82) is 0 Å². The molecule has 1 rings (SSSR count). The van der Waals surface area contributed by atoms with Gasteiger partial charge < -0.3 is 4.90 Å².